The minimum Gasteiger partial charge on any atom is -0.497 e. The summed E-state index contributed by atoms with van der Waals surface area (Å²) in [5, 5.41) is 10.1. The Hall–Kier alpha value is -7.24. The molecule has 0 aromatic heterocycles. The normalized spacial score (nSPS) is 9.49. The number of nitro benzene ring substituents is 1. The lowest BCUT2D eigenvalue weighted by Crippen LogP contribution is -1.86. The summed E-state index contributed by atoms with van der Waals surface area (Å²) in [5.74, 6) is 0.917. The summed E-state index contributed by atoms with van der Waals surface area (Å²) in [5.41, 5.74) is 19.2. The zero-order chi connectivity index (χ0) is 44.2. The average molecular weight is 809 g/mol. The molecule has 61 heavy (non-hydrogen) atoms. The Morgan fingerprint density at radius 3 is 1.13 bits per heavy atom. The van der Waals surface area contributed by atoms with Crippen molar-refractivity contribution in [3.05, 3.63) is 267 Å². The molecule has 8 aromatic rings. The minimum absolute atomic E-state index is 0.144. The maximum absolute atomic E-state index is 10.1. The molecule has 312 valence electrons. The first-order valence-corrected chi connectivity index (χ1v) is 20.3. The number of non-ortho nitro benzene ring substituents is 1. The molecule has 0 radical (unpaired) electrons. The highest BCUT2D eigenvalue weighted by molar-refractivity contribution is 5.63. The third-order valence-electron chi connectivity index (χ3n) is 9.05. The second-order valence-electron chi connectivity index (χ2n) is 14.6. The van der Waals surface area contributed by atoms with Gasteiger partial charge in [0.05, 0.1) is 12.0 Å². The molecule has 0 fully saturated rings. The lowest BCUT2D eigenvalue weighted by Gasteiger charge is -2.01. The van der Waals surface area contributed by atoms with E-state index in [-0.39, 0.29) is 5.69 Å². The van der Waals surface area contributed by atoms with E-state index in [9.17, 15) is 10.1 Å². The van der Waals surface area contributed by atoms with E-state index in [0.717, 1.165) is 23.4 Å². The van der Waals surface area contributed by atoms with Crippen LogP contribution >= 0.6 is 0 Å². The quantitative estimate of drug-likeness (QED) is 0.107. The molecule has 0 heterocycles. The van der Waals surface area contributed by atoms with Crippen LogP contribution in [-0.4, -0.2) is 12.0 Å². The molecule has 5 nitrogen and oxygen atoms in total. The molecule has 0 amide bonds. The number of rotatable bonds is 5. The highest BCUT2D eigenvalue weighted by atomic mass is 16.6. The third-order valence-corrected chi connectivity index (χ3v) is 9.05. The Labute approximate surface area is 364 Å². The smallest absolute Gasteiger partial charge is 0.269 e. The Bertz CT molecular complexity index is 2320. The van der Waals surface area contributed by atoms with Crippen molar-refractivity contribution < 1.29 is 9.66 Å². The van der Waals surface area contributed by atoms with Gasteiger partial charge in [-0.1, -0.05) is 209 Å². The molecular formula is C56H60N2O3. The first-order chi connectivity index (χ1) is 29.4. The van der Waals surface area contributed by atoms with Crippen molar-refractivity contribution in [3.63, 3.8) is 0 Å². The lowest BCUT2D eigenvalue weighted by atomic mass is 10.0. The largest absolute Gasteiger partial charge is 0.497 e. The third kappa shape index (κ3) is 20.8. The van der Waals surface area contributed by atoms with Gasteiger partial charge in [-0.2, -0.15) is 0 Å². The molecule has 0 bridgehead atoms. The topological polar surface area (TPSA) is 78.4 Å². The molecule has 8 rings (SSSR count). The summed E-state index contributed by atoms with van der Waals surface area (Å²) in [4.78, 5) is 9.71. The predicted molar refractivity (Wildman–Crippen MR) is 259 cm³/mol. The van der Waals surface area contributed by atoms with Gasteiger partial charge < -0.3 is 10.5 Å². The number of methoxy groups -OCH3 is 1. The van der Waals surface area contributed by atoms with Gasteiger partial charge in [0.15, 0.2) is 0 Å². The number of nitro groups is 1. The summed E-state index contributed by atoms with van der Waals surface area (Å²) in [6, 6.07) is 70.8. The summed E-state index contributed by atoms with van der Waals surface area (Å²) in [7, 11) is 1.67. The van der Waals surface area contributed by atoms with Gasteiger partial charge in [-0.05, 0) is 94.5 Å². The standard InChI is InChI=1S/C14H14.C13H12.C8H10O.C7H7NO2.C7H9N.C7H8/c1-12-7-9-14(10-8-12)11-13-5-3-2-4-6-13;1-11-7-9-13(10-8-11)12-5-3-2-4-6-12;1-7-3-5-8(9-2)6-4-7;1-6-2-4-7(5-3-6)8(9)10;1-6-2-4-7(8)5-3-6;1-7-5-3-2-4-6-7/h2-10H,11H2,1H3;2-10H,1H3;3-6H,1-2H3;2-5H,1H3;2-5H,8H2,1H3;2-6H,1H3. The Morgan fingerprint density at radius 1 is 0.410 bits per heavy atom. The molecule has 0 unspecified atom stereocenters. The van der Waals surface area contributed by atoms with Crippen molar-refractivity contribution in [3.8, 4) is 16.9 Å². The number of aryl methyl sites for hydroxylation is 6. The number of anilines is 1. The molecule has 0 saturated carbocycles. The van der Waals surface area contributed by atoms with E-state index in [0.29, 0.717) is 0 Å². The SMILES string of the molecule is COc1ccc(C)cc1.Cc1ccc(-c2ccccc2)cc1.Cc1ccc(Cc2ccccc2)cc1.Cc1ccc(N)cc1.Cc1ccc([N+](=O)[O-])cc1.Cc1ccccc1. The molecule has 0 aliphatic carbocycles. The van der Waals surface area contributed by atoms with Crippen molar-refractivity contribution in [2.24, 2.45) is 0 Å². The molecule has 0 spiro atoms. The molecule has 2 N–H and O–H groups in total. The Kier molecular flexibility index (Phi) is 21.7. The van der Waals surface area contributed by atoms with Crippen LogP contribution < -0.4 is 10.5 Å². The monoisotopic (exact) mass is 808 g/mol. The van der Waals surface area contributed by atoms with Crippen LogP contribution in [-0.2, 0) is 6.42 Å². The van der Waals surface area contributed by atoms with Gasteiger partial charge in [0.1, 0.15) is 5.75 Å². The van der Waals surface area contributed by atoms with E-state index >= 15 is 0 Å². The second-order valence-corrected chi connectivity index (χ2v) is 14.6. The van der Waals surface area contributed by atoms with E-state index in [1.165, 1.54) is 62.2 Å². The second kappa shape index (κ2) is 27.4. The van der Waals surface area contributed by atoms with Gasteiger partial charge in [0, 0.05) is 17.8 Å². The summed E-state index contributed by atoms with van der Waals surface area (Å²) >= 11 is 0. The van der Waals surface area contributed by atoms with E-state index in [1.807, 2.05) is 86.6 Å². The number of hydrogen-bond acceptors (Lipinski definition) is 4. The van der Waals surface area contributed by atoms with E-state index in [2.05, 4.69) is 143 Å². The molecule has 0 aliphatic heterocycles. The summed E-state index contributed by atoms with van der Waals surface area (Å²) in [6.07, 6.45) is 1.03. The number of nitrogens with two attached hydrogens (primary N) is 1. The van der Waals surface area contributed by atoms with E-state index in [1.54, 1.807) is 19.2 Å². The van der Waals surface area contributed by atoms with Gasteiger partial charge >= 0.3 is 0 Å². The number of hydrogen-bond donors (Lipinski definition) is 1. The molecule has 0 saturated heterocycles. The van der Waals surface area contributed by atoms with Gasteiger partial charge in [-0.25, -0.2) is 0 Å². The van der Waals surface area contributed by atoms with Crippen LogP contribution in [0.1, 0.15) is 44.5 Å². The van der Waals surface area contributed by atoms with Gasteiger partial charge in [0.2, 0.25) is 0 Å². The highest BCUT2D eigenvalue weighted by Gasteiger charge is 2.01. The van der Waals surface area contributed by atoms with Gasteiger partial charge in [-0.3, -0.25) is 10.1 Å². The minimum atomic E-state index is -0.403. The summed E-state index contributed by atoms with van der Waals surface area (Å²) in [6.45, 7) is 12.3. The maximum atomic E-state index is 10.1. The number of nitrogens with zero attached hydrogens (tertiary/aromatic N) is 1. The van der Waals surface area contributed by atoms with Gasteiger partial charge in [-0.15, -0.1) is 0 Å². The zero-order valence-electron chi connectivity index (χ0n) is 36.7. The molecule has 0 aliphatic rings. The van der Waals surface area contributed by atoms with Crippen LogP contribution in [0, 0.1) is 51.7 Å². The number of ether oxygens (including phenoxy) is 1. The van der Waals surface area contributed by atoms with Crippen LogP contribution in [0.25, 0.3) is 11.1 Å². The molecule has 0 atom stereocenters. The fourth-order valence-corrected chi connectivity index (χ4v) is 5.36. The van der Waals surface area contributed by atoms with Gasteiger partial charge in [0.25, 0.3) is 5.69 Å². The van der Waals surface area contributed by atoms with Crippen molar-refractivity contribution in [1.29, 1.82) is 0 Å². The summed E-state index contributed by atoms with van der Waals surface area (Å²) < 4.78 is 4.97. The predicted octanol–water partition coefficient (Wildman–Crippen LogP) is 14.7. The van der Waals surface area contributed by atoms with Crippen LogP contribution in [0.5, 0.6) is 5.75 Å². The lowest BCUT2D eigenvalue weighted by molar-refractivity contribution is -0.384. The molecule has 8 aromatic carbocycles. The molecule has 5 heteroatoms. The van der Waals surface area contributed by atoms with Crippen molar-refractivity contribution in [1.82, 2.24) is 0 Å². The Morgan fingerprint density at radius 2 is 0.738 bits per heavy atom. The fourth-order valence-electron chi connectivity index (χ4n) is 5.36. The van der Waals surface area contributed by atoms with Crippen LogP contribution in [0.2, 0.25) is 0 Å². The van der Waals surface area contributed by atoms with E-state index < -0.39 is 4.92 Å². The number of nitrogen functional groups attached to an aromatic ring is 1. The fraction of sp³-hybridized carbons (Fsp3) is 0.143. The van der Waals surface area contributed by atoms with Crippen LogP contribution in [0.3, 0.4) is 0 Å². The Balaban J connectivity index is 0.000000199. The van der Waals surface area contributed by atoms with Crippen molar-refractivity contribution in [2.75, 3.05) is 12.8 Å². The van der Waals surface area contributed by atoms with Crippen LogP contribution in [0.4, 0.5) is 11.4 Å². The van der Waals surface area contributed by atoms with E-state index in [4.69, 9.17) is 10.5 Å². The van der Waals surface area contributed by atoms with Crippen LogP contribution in [0.15, 0.2) is 212 Å². The average Bonchev–Trinajstić information content (AvgIpc) is 3.28. The molecular weight excluding hydrogens is 749 g/mol. The van der Waals surface area contributed by atoms with Crippen molar-refractivity contribution >= 4 is 11.4 Å². The van der Waals surface area contributed by atoms with Crippen molar-refractivity contribution in [2.45, 2.75) is 48.0 Å². The maximum Gasteiger partial charge on any atom is 0.269 e. The number of benzene rings is 8. The first kappa shape index (κ1) is 48.1. The highest BCUT2D eigenvalue weighted by Crippen LogP contribution is 2.19. The zero-order valence-corrected chi connectivity index (χ0v) is 36.7. The first-order valence-electron chi connectivity index (χ1n) is 20.3.